The van der Waals surface area contributed by atoms with Crippen LogP contribution in [0.3, 0.4) is 0 Å². The lowest BCUT2D eigenvalue weighted by Crippen LogP contribution is -2.33. The number of aliphatic hydroxyl groups is 1. The van der Waals surface area contributed by atoms with Crippen LogP contribution >= 0.6 is 0 Å². The van der Waals surface area contributed by atoms with Gasteiger partial charge < -0.3 is 9.84 Å². The van der Waals surface area contributed by atoms with E-state index in [2.05, 4.69) is 18.2 Å². The first-order valence-electron chi connectivity index (χ1n) is 6.61. The van der Waals surface area contributed by atoms with E-state index in [1.54, 1.807) is 0 Å². The van der Waals surface area contributed by atoms with Crippen LogP contribution in [0.4, 0.5) is 0 Å². The van der Waals surface area contributed by atoms with Crippen LogP contribution < -0.4 is 4.74 Å². The summed E-state index contributed by atoms with van der Waals surface area (Å²) in [5.41, 5.74) is 0.470. The summed E-state index contributed by atoms with van der Waals surface area (Å²) < 4.78 is 5.49. The molecule has 0 aromatic heterocycles. The normalized spacial score (nSPS) is 17.4. The van der Waals surface area contributed by atoms with Crippen molar-refractivity contribution >= 4 is 10.8 Å². The number of hydrogen-bond acceptors (Lipinski definition) is 2. The Hall–Kier alpha value is -1.54. The topological polar surface area (TPSA) is 29.5 Å². The van der Waals surface area contributed by atoms with E-state index in [1.165, 1.54) is 0 Å². The molecule has 0 atom stereocenters. The highest BCUT2D eigenvalue weighted by Crippen LogP contribution is 2.41. The number of rotatable bonds is 3. The Kier molecular flexibility index (Phi) is 2.75. The van der Waals surface area contributed by atoms with Crippen molar-refractivity contribution in [2.45, 2.75) is 31.8 Å². The van der Waals surface area contributed by atoms with Crippen molar-refractivity contribution in [2.24, 2.45) is 0 Å². The summed E-state index contributed by atoms with van der Waals surface area (Å²) in [5.74, 6) is 0.903. The second-order valence-corrected chi connectivity index (χ2v) is 5.04. The summed E-state index contributed by atoms with van der Waals surface area (Å²) >= 11 is 0. The third-order valence-corrected chi connectivity index (χ3v) is 3.84. The van der Waals surface area contributed by atoms with Crippen LogP contribution in [-0.4, -0.2) is 11.7 Å². The lowest BCUT2D eigenvalue weighted by molar-refractivity contribution is -0.0386. The maximum atomic E-state index is 10.4. The Morgan fingerprint density at radius 3 is 2.50 bits per heavy atom. The average molecular weight is 242 g/mol. The molecule has 18 heavy (non-hydrogen) atoms. The smallest absolute Gasteiger partial charge is 0.119 e. The molecule has 2 heteroatoms. The van der Waals surface area contributed by atoms with Gasteiger partial charge in [-0.2, -0.15) is 0 Å². The summed E-state index contributed by atoms with van der Waals surface area (Å²) in [6.45, 7) is 2.67. The van der Waals surface area contributed by atoms with Crippen LogP contribution in [-0.2, 0) is 5.60 Å². The number of fused-ring (bicyclic) bond motifs is 1. The summed E-state index contributed by atoms with van der Waals surface area (Å²) in [6.07, 6.45) is 2.89. The summed E-state index contributed by atoms with van der Waals surface area (Å²) in [5, 5.41) is 12.7. The molecular formula is C16H18O2. The highest BCUT2D eigenvalue weighted by atomic mass is 16.5. The van der Waals surface area contributed by atoms with Crippen molar-refractivity contribution in [1.82, 2.24) is 0 Å². The van der Waals surface area contributed by atoms with Crippen LogP contribution in [0.25, 0.3) is 10.8 Å². The minimum Gasteiger partial charge on any atom is -0.494 e. The van der Waals surface area contributed by atoms with Crippen molar-refractivity contribution in [3.63, 3.8) is 0 Å². The van der Waals surface area contributed by atoms with Gasteiger partial charge in [0.15, 0.2) is 0 Å². The van der Waals surface area contributed by atoms with Gasteiger partial charge in [0.05, 0.1) is 12.2 Å². The Morgan fingerprint density at radius 1 is 1.11 bits per heavy atom. The van der Waals surface area contributed by atoms with Crippen molar-refractivity contribution in [3.8, 4) is 5.75 Å². The minimum atomic E-state index is -0.577. The van der Waals surface area contributed by atoms with Gasteiger partial charge >= 0.3 is 0 Å². The summed E-state index contributed by atoms with van der Waals surface area (Å²) in [4.78, 5) is 0. The van der Waals surface area contributed by atoms with Gasteiger partial charge in [0, 0.05) is 0 Å². The fraction of sp³-hybridized carbons (Fsp3) is 0.375. The highest BCUT2D eigenvalue weighted by Gasteiger charge is 2.36. The molecule has 0 aliphatic heterocycles. The van der Waals surface area contributed by atoms with E-state index < -0.39 is 5.60 Å². The molecule has 1 N–H and O–H groups in total. The Labute approximate surface area is 107 Å². The standard InChI is InChI=1S/C16H18O2/c1-2-18-15-7-5-12-10-14(6-4-13(12)11-15)16(17)8-3-9-16/h4-7,10-11,17H,2-3,8-9H2,1H3. The lowest BCUT2D eigenvalue weighted by Gasteiger charge is -2.37. The second kappa shape index (κ2) is 4.29. The number of benzene rings is 2. The molecule has 0 saturated heterocycles. The molecule has 94 valence electrons. The molecule has 1 aliphatic rings. The fourth-order valence-corrected chi connectivity index (χ4v) is 2.57. The zero-order valence-electron chi connectivity index (χ0n) is 10.6. The second-order valence-electron chi connectivity index (χ2n) is 5.04. The van der Waals surface area contributed by atoms with Crippen molar-refractivity contribution < 1.29 is 9.84 Å². The highest BCUT2D eigenvalue weighted by molar-refractivity contribution is 5.84. The number of hydrogen-bond donors (Lipinski definition) is 1. The van der Waals surface area contributed by atoms with E-state index >= 15 is 0 Å². The Morgan fingerprint density at radius 2 is 1.83 bits per heavy atom. The molecule has 1 saturated carbocycles. The third-order valence-electron chi connectivity index (χ3n) is 3.84. The maximum absolute atomic E-state index is 10.4. The zero-order valence-corrected chi connectivity index (χ0v) is 10.6. The van der Waals surface area contributed by atoms with Crippen molar-refractivity contribution in [2.75, 3.05) is 6.61 Å². The van der Waals surface area contributed by atoms with Crippen LogP contribution in [0.1, 0.15) is 31.7 Å². The fourth-order valence-electron chi connectivity index (χ4n) is 2.57. The third kappa shape index (κ3) is 1.87. The molecule has 1 aliphatic carbocycles. The molecule has 1 fully saturated rings. The first kappa shape index (κ1) is 11.5. The van der Waals surface area contributed by atoms with Crippen LogP contribution in [0.2, 0.25) is 0 Å². The maximum Gasteiger partial charge on any atom is 0.119 e. The molecular weight excluding hydrogens is 224 g/mol. The van der Waals surface area contributed by atoms with E-state index in [4.69, 9.17) is 4.74 Å². The van der Waals surface area contributed by atoms with Gasteiger partial charge in [0.2, 0.25) is 0 Å². The average Bonchev–Trinajstić information content (AvgIpc) is 2.36. The molecule has 0 unspecified atom stereocenters. The first-order chi connectivity index (χ1) is 8.71. The lowest BCUT2D eigenvalue weighted by atomic mass is 9.75. The van der Waals surface area contributed by atoms with Gasteiger partial charge in [-0.25, -0.2) is 0 Å². The van der Waals surface area contributed by atoms with Gasteiger partial charge in [0.25, 0.3) is 0 Å². The molecule has 2 nitrogen and oxygen atoms in total. The summed E-state index contributed by atoms with van der Waals surface area (Å²) in [6, 6.07) is 12.3. The van der Waals surface area contributed by atoms with Gasteiger partial charge in [0.1, 0.15) is 5.75 Å². The number of ether oxygens (including phenoxy) is 1. The molecule has 0 heterocycles. The summed E-state index contributed by atoms with van der Waals surface area (Å²) in [7, 11) is 0. The van der Waals surface area contributed by atoms with Gasteiger partial charge in [-0.3, -0.25) is 0 Å². The van der Waals surface area contributed by atoms with E-state index in [9.17, 15) is 5.11 Å². The molecule has 0 spiro atoms. The van der Waals surface area contributed by atoms with E-state index in [0.717, 1.165) is 41.3 Å². The van der Waals surface area contributed by atoms with Crippen LogP contribution in [0.15, 0.2) is 36.4 Å². The Bertz CT molecular complexity index is 570. The molecule has 2 aromatic carbocycles. The van der Waals surface area contributed by atoms with E-state index in [1.807, 2.05) is 25.1 Å². The van der Waals surface area contributed by atoms with Gasteiger partial charge in [-0.05, 0) is 60.7 Å². The quantitative estimate of drug-likeness (QED) is 0.891. The zero-order chi connectivity index (χ0) is 12.6. The minimum absolute atomic E-state index is 0.577. The van der Waals surface area contributed by atoms with Gasteiger partial charge in [-0.1, -0.05) is 18.2 Å². The predicted molar refractivity (Wildman–Crippen MR) is 72.9 cm³/mol. The van der Waals surface area contributed by atoms with Gasteiger partial charge in [-0.15, -0.1) is 0 Å². The molecule has 2 aromatic rings. The molecule has 0 bridgehead atoms. The predicted octanol–water partition coefficient (Wildman–Crippen LogP) is 3.61. The largest absolute Gasteiger partial charge is 0.494 e. The van der Waals surface area contributed by atoms with Crippen molar-refractivity contribution in [1.29, 1.82) is 0 Å². The van der Waals surface area contributed by atoms with Crippen LogP contribution in [0.5, 0.6) is 5.75 Å². The molecule has 0 radical (unpaired) electrons. The van der Waals surface area contributed by atoms with E-state index in [-0.39, 0.29) is 0 Å². The monoisotopic (exact) mass is 242 g/mol. The van der Waals surface area contributed by atoms with Crippen LogP contribution in [0, 0.1) is 0 Å². The van der Waals surface area contributed by atoms with E-state index in [0.29, 0.717) is 6.61 Å². The Balaban J connectivity index is 2.00. The molecule has 0 amide bonds. The first-order valence-corrected chi connectivity index (χ1v) is 6.61. The van der Waals surface area contributed by atoms with Crippen molar-refractivity contribution in [3.05, 3.63) is 42.0 Å². The SMILES string of the molecule is CCOc1ccc2cc(C3(O)CCC3)ccc2c1. The molecule has 3 rings (SSSR count).